The van der Waals surface area contributed by atoms with Gasteiger partial charge < -0.3 is 10.2 Å². The molecule has 1 rings (SSSR count). The molecule has 0 radical (unpaired) electrons. The lowest BCUT2D eigenvalue weighted by Crippen LogP contribution is -2.43. The van der Waals surface area contributed by atoms with E-state index in [0.29, 0.717) is 6.42 Å². The number of rotatable bonds is 5. The topological polar surface area (TPSA) is 39.1 Å². The van der Waals surface area contributed by atoms with E-state index in [1.165, 1.54) is 25.9 Å². The van der Waals surface area contributed by atoms with Gasteiger partial charge in [0.1, 0.15) is 0 Å². The zero-order valence-corrected chi connectivity index (χ0v) is 11.6. The first-order valence-electron chi connectivity index (χ1n) is 6.85. The highest BCUT2D eigenvalue weighted by Gasteiger charge is 2.20. The SMILES string of the molecule is CC(C)(C)NCC1CCN(CCCC#N)CC1. The van der Waals surface area contributed by atoms with E-state index in [-0.39, 0.29) is 5.54 Å². The van der Waals surface area contributed by atoms with Crippen molar-refractivity contribution in [3.8, 4) is 6.07 Å². The van der Waals surface area contributed by atoms with Crippen LogP contribution in [0.4, 0.5) is 0 Å². The monoisotopic (exact) mass is 237 g/mol. The van der Waals surface area contributed by atoms with Crippen molar-refractivity contribution in [2.45, 2.75) is 52.0 Å². The van der Waals surface area contributed by atoms with E-state index in [2.05, 4.69) is 37.1 Å². The minimum absolute atomic E-state index is 0.240. The molecule has 0 spiro atoms. The third-order valence-corrected chi connectivity index (χ3v) is 3.39. The normalized spacial score (nSPS) is 19.2. The molecule has 3 heteroatoms. The van der Waals surface area contributed by atoms with Gasteiger partial charge in [-0.1, -0.05) is 0 Å². The van der Waals surface area contributed by atoms with Crippen molar-refractivity contribution in [2.75, 3.05) is 26.2 Å². The average Bonchev–Trinajstić information content (AvgIpc) is 2.27. The summed E-state index contributed by atoms with van der Waals surface area (Å²) in [6, 6.07) is 2.22. The Bertz CT molecular complexity index is 241. The maximum absolute atomic E-state index is 8.51. The Morgan fingerprint density at radius 3 is 2.47 bits per heavy atom. The second-order valence-electron chi connectivity index (χ2n) is 6.18. The van der Waals surface area contributed by atoms with E-state index in [9.17, 15) is 0 Å². The highest BCUT2D eigenvalue weighted by atomic mass is 15.1. The van der Waals surface area contributed by atoms with Gasteiger partial charge in [0.15, 0.2) is 0 Å². The van der Waals surface area contributed by atoms with Gasteiger partial charge in [-0.25, -0.2) is 0 Å². The summed E-state index contributed by atoms with van der Waals surface area (Å²) in [5, 5.41) is 12.1. The molecule has 1 N–H and O–H groups in total. The summed E-state index contributed by atoms with van der Waals surface area (Å²) < 4.78 is 0. The molecular weight excluding hydrogens is 210 g/mol. The van der Waals surface area contributed by atoms with Crippen molar-refractivity contribution in [2.24, 2.45) is 5.92 Å². The smallest absolute Gasteiger partial charge is 0.0622 e. The molecule has 98 valence electrons. The second kappa shape index (κ2) is 6.98. The van der Waals surface area contributed by atoms with Crippen molar-refractivity contribution in [1.29, 1.82) is 5.26 Å². The van der Waals surface area contributed by atoms with Gasteiger partial charge in [0, 0.05) is 12.0 Å². The van der Waals surface area contributed by atoms with Gasteiger partial charge in [0.25, 0.3) is 0 Å². The maximum atomic E-state index is 8.51. The molecule has 0 aromatic rings. The van der Waals surface area contributed by atoms with Gasteiger partial charge in [-0.3, -0.25) is 0 Å². The Hall–Kier alpha value is -0.590. The van der Waals surface area contributed by atoms with Gasteiger partial charge in [-0.15, -0.1) is 0 Å². The van der Waals surface area contributed by atoms with Crippen molar-refractivity contribution in [1.82, 2.24) is 10.2 Å². The fourth-order valence-electron chi connectivity index (χ4n) is 2.25. The largest absolute Gasteiger partial charge is 0.312 e. The van der Waals surface area contributed by atoms with Gasteiger partial charge in [-0.05, 0) is 72.1 Å². The summed E-state index contributed by atoms with van der Waals surface area (Å²) in [7, 11) is 0. The molecule has 0 aliphatic carbocycles. The molecule has 1 fully saturated rings. The Labute approximate surface area is 106 Å². The van der Waals surface area contributed by atoms with Crippen LogP contribution in [0.1, 0.15) is 46.5 Å². The quantitative estimate of drug-likeness (QED) is 0.746. The van der Waals surface area contributed by atoms with Gasteiger partial charge >= 0.3 is 0 Å². The number of nitrogens with one attached hydrogen (secondary N) is 1. The van der Waals surface area contributed by atoms with E-state index < -0.39 is 0 Å². The first-order valence-corrected chi connectivity index (χ1v) is 6.85. The molecular formula is C14H27N3. The summed E-state index contributed by atoms with van der Waals surface area (Å²) in [6.45, 7) is 11.4. The highest BCUT2D eigenvalue weighted by Crippen LogP contribution is 2.17. The lowest BCUT2D eigenvalue weighted by atomic mass is 9.95. The molecule has 1 heterocycles. The van der Waals surface area contributed by atoms with Crippen LogP contribution in [0.15, 0.2) is 0 Å². The van der Waals surface area contributed by atoms with E-state index in [0.717, 1.165) is 25.4 Å². The summed E-state index contributed by atoms with van der Waals surface area (Å²) in [6.07, 6.45) is 4.33. The molecule has 1 saturated heterocycles. The summed E-state index contributed by atoms with van der Waals surface area (Å²) in [5.41, 5.74) is 0.240. The van der Waals surface area contributed by atoms with Crippen LogP contribution in [-0.4, -0.2) is 36.6 Å². The molecule has 0 aromatic heterocycles. The Balaban J connectivity index is 2.11. The van der Waals surface area contributed by atoms with Crippen LogP contribution in [0.3, 0.4) is 0 Å². The number of piperidine rings is 1. The lowest BCUT2D eigenvalue weighted by Gasteiger charge is -2.33. The Morgan fingerprint density at radius 1 is 1.29 bits per heavy atom. The van der Waals surface area contributed by atoms with Crippen molar-refractivity contribution in [3.05, 3.63) is 0 Å². The molecule has 1 aliphatic heterocycles. The number of hydrogen-bond acceptors (Lipinski definition) is 3. The van der Waals surface area contributed by atoms with Gasteiger partial charge in [-0.2, -0.15) is 5.26 Å². The standard InChI is InChI=1S/C14H27N3/c1-14(2,3)16-12-13-6-10-17(11-7-13)9-5-4-8-15/h13,16H,4-7,9-12H2,1-3H3. The van der Waals surface area contributed by atoms with E-state index in [1.54, 1.807) is 0 Å². The van der Waals surface area contributed by atoms with E-state index in [1.807, 2.05) is 0 Å². The number of nitrogens with zero attached hydrogens (tertiary/aromatic N) is 2. The van der Waals surface area contributed by atoms with Crippen LogP contribution in [0.5, 0.6) is 0 Å². The number of hydrogen-bond donors (Lipinski definition) is 1. The molecule has 3 nitrogen and oxygen atoms in total. The van der Waals surface area contributed by atoms with Gasteiger partial charge in [0.05, 0.1) is 6.07 Å². The molecule has 0 aromatic carbocycles. The molecule has 0 atom stereocenters. The zero-order chi connectivity index (χ0) is 12.7. The third kappa shape index (κ3) is 6.65. The fraction of sp³-hybridized carbons (Fsp3) is 0.929. The number of likely N-dealkylation sites (tertiary alicyclic amines) is 1. The van der Waals surface area contributed by atoms with E-state index in [4.69, 9.17) is 5.26 Å². The van der Waals surface area contributed by atoms with Crippen molar-refractivity contribution in [3.63, 3.8) is 0 Å². The molecule has 0 unspecified atom stereocenters. The lowest BCUT2D eigenvalue weighted by molar-refractivity contribution is 0.175. The fourth-order valence-corrected chi connectivity index (χ4v) is 2.25. The molecule has 0 amide bonds. The Morgan fingerprint density at radius 2 is 1.94 bits per heavy atom. The van der Waals surface area contributed by atoms with Crippen LogP contribution in [0.2, 0.25) is 0 Å². The van der Waals surface area contributed by atoms with Crippen LogP contribution in [0.25, 0.3) is 0 Å². The predicted molar refractivity (Wildman–Crippen MR) is 71.8 cm³/mol. The predicted octanol–water partition coefficient (Wildman–Crippen LogP) is 2.39. The molecule has 0 saturated carbocycles. The summed E-state index contributed by atoms with van der Waals surface area (Å²) >= 11 is 0. The summed E-state index contributed by atoms with van der Waals surface area (Å²) in [4.78, 5) is 2.50. The van der Waals surface area contributed by atoms with E-state index >= 15 is 0 Å². The first-order chi connectivity index (χ1) is 8.01. The minimum Gasteiger partial charge on any atom is -0.312 e. The summed E-state index contributed by atoms with van der Waals surface area (Å²) in [5.74, 6) is 0.835. The zero-order valence-electron chi connectivity index (χ0n) is 11.6. The molecule has 1 aliphatic rings. The van der Waals surface area contributed by atoms with Crippen LogP contribution >= 0.6 is 0 Å². The second-order valence-corrected chi connectivity index (χ2v) is 6.18. The molecule has 17 heavy (non-hydrogen) atoms. The highest BCUT2D eigenvalue weighted by molar-refractivity contribution is 4.78. The van der Waals surface area contributed by atoms with Crippen LogP contribution in [-0.2, 0) is 0 Å². The average molecular weight is 237 g/mol. The Kier molecular flexibility index (Phi) is 5.94. The number of nitriles is 1. The van der Waals surface area contributed by atoms with Crippen molar-refractivity contribution >= 4 is 0 Å². The van der Waals surface area contributed by atoms with Crippen LogP contribution in [0, 0.1) is 17.2 Å². The number of unbranched alkanes of at least 4 members (excludes halogenated alkanes) is 1. The molecule has 0 bridgehead atoms. The maximum Gasteiger partial charge on any atom is 0.0622 e. The first kappa shape index (κ1) is 14.5. The minimum atomic E-state index is 0.240. The van der Waals surface area contributed by atoms with Gasteiger partial charge in [0.2, 0.25) is 0 Å². The van der Waals surface area contributed by atoms with Crippen molar-refractivity contribution < 1.29 is 0 Å². The third-order valence-electron chi connectivity index (χ3n) is 3.39. The van der Waals surface area contributed by atoms with Crippen LogP contribution < -0.4 is 5.32 Å².